The summed E-state index contributed by atoms with van der Waals surface area (Å²) in [6.45, 7) is 4.16. The molecule has 0 aliphatic carbocycles. The van der Waals surface area contributed by atoms with Crippen molar-refractivity contribution in [3.8, 4) is 0 Å². The van der Waals surface area contributed by atoms with Gasteiger partial charge in [0.25, 0.3) is 0 Å². The van der Waals surface area contributed by atoms with Gasteiger partial charge in [-0.25, -0.2) is 0 Å². The van der Waals surface area contributed by atoms with Crippen molar-refractivity contribution in [2.75, 3.05) is 0 Å². The van der Waals surface area contributed by atoms with E-state index in [1.807, 2.05) is 19.1 Å². The Balaban J connectivity index is 3.08. The summed E-state index contributed by atoms with van der Waals surface area (Å²) in [5, 5.41) is 9.32. The molecule has 0 heterocycles. The Morgan fingerprint density at radius 3 is 2.42 bits per heavy atom. The van der Waals surface area contributed by atoms with Crippen molar-refractivity contribution in [3.05, 3.63) is 12.2 Å². The first kappa shape index (κ1) is 11.7. The van der Waals surface area contributed by atoms with Crippen molar-refractivity contribution in [2.45, 2.75) is 58.5 Å². The summed E-state index contributed by atoms with van der Waals surface area (Å²) < 4.78 is 0. The zero-order valence-electron chi connectivity index (χ0n) is 8.42. The largest absolute Gasteiger partial charge is 0.389 e. The normalized spacial score (nSPS) is 13.9. The summed E-state index contributed by atoms with van der Waals surface area (Å²) >= 11 is 0. The Bertz CT molecular complexity index is 108. The summed E-state index contributed by atoms with van der Waals surface area (Å²) in [5.41, 5.74) is 0. The lowest BCUT2D eigenvalue weighted by molar-refractivity contribution is 0.208. The number of aliphatic hydroxyl groups is 1. The van der Waals surface area contributed by atoms with Crippen LogP contribution in [0.5, 0.6) is 0 Å². The third kappa shape index (κ3) is 7.80. The molecule has 12 heavy (non-hydrogen) atoms. The highest BCUT2D eigenvalue weighted by atomic mass is 16.3. The van der Waals surface area contributed by atoms with E-state index < -0.39 is 0 Å². The molecule has 0 aliphatic rings. The van der Waals surface area contributed by atoms with Crippen LogP contribution in [0, 0.1) is 0 Å². The van der Waals surface area contributed by atoms with Gasteiger partial charge in [0, 0.05) is 0 Å². The zero-order valence-corrected chi connectivity index (χ0v) is 8.42. The van der Waals surface area contributed by atoms with E-state index in [4.69, 9.17) is 0 Å². The van der Waals surface area contributed by atoms with E-state index in [1.165, 1.54) is 25.7 Å². The first-order valence-electron chi connectivity index (χ1n) is 5.12. The zero-order chi connectivity index (χ0) is 9.23. The number of rotatable bonds is 7. The molecule has 0 aromatic heterocycles. The SMILES string of the molecule is CC=C[C@@H](O)CCCCCCC. The molecule has 0 saturated heterocycles. The molecule has 0 rings (SSSR count). The third-order valence-electron chi connectivity index (χ3n) is 2.02. The average Bonchev–Trinajstić information content (AvgIpc) is 2.05. The molecule has 1 atom stereocenters. The van der Waals surface area contributed by atoms with E-state index >= 15 is 0 Å². The molecule has 0 aliphatic heterocycles. The van der Waals surface area contributed by atoms with Gasteiger partial charge < -0.3 is 5.11 Å². The molecule has 1 nitrogen and oxygen atoms in total. The fourth-order valence-electron chi connectivity index (χ4n) is 1.28. The van der Waals surface area contributed by atoms with Gasteiger partial charge >= 0.3 is 0 Å². The highest BCUT2D eigenvalue weighted by molar-refractivity contribution is 4.84. The van der Waals surface area contributed by atoms with Crippen LogP contribution in [0.3, 0.4) is 0 Å². The van der Waals surface area contributed by atoms with Gasteiger partial charge in [0.1, 0.15) is 0 Å². The van der Waals surface area contributed by atoms with Crippen molar-refractivity contribution >= 4 is 0 Å². The van der Waals surface area contributed by atoms with E-state index in [0.717, 1.165) is 12.8 Å². The molecule has 1 N–H and O–H groups in total. The Morgan fingerprint density at radius 2 is 1.83 bits per heavy atom. The first-order valence-corrected chi connectivity index (χ1v) is 5.12. The Hall–Kier alpha value is -0.300. The van der Waals surface area contributed by atoms with E-state index in [2.05, 4.69) is 6.92 Å². The monoisotopic (exact) mass is 170 g/mol. The van der Waals surface area contributed by atoms with Crippen LogP contribution in [0.1, 0.15) is 52.4 Å². The van der Waals surface area contributed by atoms with Crippen molar-refractivity contribution in [1.29, 1.82) is 0 Å². The predicted octanol–water partition coefficient (Wildman–Crippen LogP) is 3.28. The molecule has 1 heteroatoms. The molecule has 72 valence electrons. The van der Waals surface area contributed by atoms with Gasteiger partial charge in [-0.15, -0.1) is 0 Å². The lowest BCUT2D eigenvalue weighted by Gasteiger charge is -2.04. The molecular formula is C11H22O. The van der Waals surface area contributed by atoms with Crippen molar-refractivity contribution in [3.63, 3.8) is 0 Å². The van der Waals surface area contributed by atoms with Gasteiger partial charge in [-0.05, 0) is 13.3 Å². The number of unbranched alkanes of at least 4 members (excludes halogenated alkanes) is 4. The third-order valence-corrected chi connectivity index (χ3v) is 2.02. The van der Waals surface area contributed by atoms with Crippen LogP contribution in [-0.2, 0) is 0 Å². The van der Waals surface area contributed by atoms with Crippen LogP contribution in [0.15, 0.2) is 12.2 Å². The van der Waals surface area contributed by atoms with Gasteiger partial charge in [-0.2, -0.15) is 0 Å². The van der Waals surface area contributed by atoms with E-state index in [-0.39, 0.29) is 6.10 Å². The van der Waals surface area contributed by atoms with Gasteiger partial charge in [-0.3, -0.25) is 0 Å². The Morgan fingerprint density at radius 1 is 1.17 bits per heavy atom. The Kier molecular flexibility index (Phi) is 8.57. The molecule has 0 bridgehead atoms. The maximum atomic E-state index is 9.32. The van der Waals surface area contributed by atoms with E-state index in [0.29, 0.717) is 0 Å². The van der Waals surface area contributed by atoms with Crippen molar-refractivity contribution in [1.82, 2.24) is 0 Å². The minimum absolute atomic E-state index is 0.211. The van der Waals surface area contributed by atoms with Crippen LogP contribution in [0.2, 0.25) is 0 Å². The molecule has 0 spiro atoms. The molecule has 0 radical (unpaired) electrons. The number of allylic oxidation sites excluding steroid dienone is 1. The van der Waals surface area contributed by atoms with Crippen molar-refractivity contribution < 1.29 is 5.11 Å². The van der Waals surface area contributed by atoms with Crippen LogP contribution in [0.4, 0.5) is 0 Å². The number of hydrogen-bond acceptors (Lipinski definition) is 1. The van der Waals surface area contributed by atoms with Crippen LogP contribution in [-0.4, -0.2) is 11.2 Å². The Labute approximate surface area is 76.5 Å². The molecular weight excluding hydrogens is 148 g/mol. The molecule has 0 fully saturated rings. The summed E-state index contributed by atoms with van der Waals surface area (Å²) in [6.07, 6.45) is 10.9. The maximum absolute atomic E-state index is 9.32. The molecule has 0 amide bonds. The fourth-order valence-corrected chi connectivity index (χ4v) is 1.28. The molecule has 0 aromatic carbocycles. The number of aliphatic hydroxyl groups excluding tert-OH is 1. The smallest absolute Gasteiger partial charge is 0.0720 e. The molecule has 0 aromatic rings. The lowest BCUT2D eigenvalue weighted by Crippen LogP contribution is -2.00. The fraction of sp³-hybridized carbons (Fsp3) is 0.818. The number of hydrogen-bond donors (Lipinski definition) is 1. The van der Waals surface area contributed by atoms with Crippen LogP contribution in [0.25, 0.3) is 0 Å². The minimum Gasteiger partial charge on any atom is -0.389 e. The summed E-state index contributed by atoms with van der Waals surface area (Å²) in [6, 6.07) is 0. The van der Waals surface area contributed by atoms with Crippen molar-refractivity contribution in [2.24, 2.45) is 0 Å². The summed E-state index contributed by atoms with van der Waals surface area (Å²) in [4.78, 5) is 0. The lowest BCUT2D eigenvalue weighted by atomic mass is 10.1. The first-order chi connectivity index (χ1) is 5.81. The quantitative estimate of drug-likeness (QED) is 0.459. The minimum atomic E-state index is -0.211. The van der Waals surface area contributed by atoms with Gasteiger partial charge in [0.05, 0.1) is 6.10 Å². The molecule has 0 unspecified atom stereocenters. The van der Waals surface area contributed by atoms with Crippen LogP contribution < -0.4 is 0 Å². The second kappa shape index (κ2) is 8.79. The average molecular weight is 170 g/mol. The standard InChI is InChI=1S/C11H22O/c1-3-5-6-7-8-10-11(12)9-4-2/h4,9,11-12H,3,5-8,10H2,1-2H3/t11-/m1/s1. The van der Waals surface area contributed by atoms with Gasteiger partial charge in [0.15, 0.2) is 0 Å². The second-order valence-electron chi connectivity index (χ2n) is 3.30. The molecule has 0 saturated carbocycles. The predicted molar refractivity (Wildman–Crippen MR) is 54.2 cm³/mol. The topological polar surface area (TPSA) is 20.2 Å². The van der Waals surface area contributed by atoms with E-state index in [1.54, 1.807) is 0 Å². The maximum Gasteiger partial charge on any atom is 0.0720 e. The van der Waals surface area contributed by atoms with Gasteiger partial charge in [-0.1, -0.05) is 51.2 Å². The highest BCUT2D eigenvalue weighted by Crippen LogP contribution is 2.07. The second-order valence-corrected chi connectivity index (χ2v) is 3.30. The van der Waals surface area contributed by atoms with Gasteiger partial charge in [0.2, 0.25) is 0 Å². The summed E-state index contributed by atoms with van der Waals surface area (Å²) in [5.74, 6) is 0. The highest BCUT2D eigenvalue weighted by Gasteiger charge is 1.97. The van der Waals surface area contributed by atoms with E-state index in [9.17, 15) is 5.11 Å². The summed E-state index contributed by atoms with van der Waals surface area (Å²) in [7, 11) is 0. The van der Waals surface area contributed by atoms with Crippen LogP contribution >= 0.6 is 0 Å².